The van der Waals surface area contributed by atoms with Gasteiger partial charge in [-0.1, -0.05) is 35.9 Å². The third-order valence-corrected chi connectivity index (χ3v) is 4.96. The molecule has 0 bridgehead atoms. The number of methoxy groups -OCH3 is 1. The fourth-order valence-electron chi connectivity index (χ4n) is 2.93. The van der Waals surface area contributed by atoms with E-state index in [0.717, 1.165) is 33.9 Å². The van der Waals surface area contributed by atoms with Crippen molar-refractivity contribution in [2.24, 2.45) is 7.05 Å². The van der Waals surface area contributed by atoms with Crippen LogP contribution < -0.4 is 14.8 Å². The van der Waals surface area contributed by atoms with Crippen molar-refractivity contribution in [3.05, 3.63) is 82.1 Å². The van der Waals surface area contributed by atoms with Gasteiger partial charge in [0, 0.05) is 18.7 Å². The summed E-state index contributed by atoms with van der Waals surface area (Å²) in [6.45, 7) is 2.67. The molecule has 0 aliphatic heterocycles. The Labute approximate surface area is 181 Å². The Morgan fingerprint density at radius 1 is 1.23 bits per heavy atom. The number of rotatable bonds is 8. The number of aryl methyl sites for hydroxylation is 2. The molecule has 0 aliphatic carbocycles. The van der Waals surface area contributed by atoms with Crippen molar-refractivity contribution in [2.45, 2.75) is 20.1 Å². The van der Waals surface area contributed by atoms with E-state index in [1.807, 2.05) is 49.4 Å². The van der Waals surface area contributed by atoms with E-state index in [9.17, 15) is 4.79 Å². The highest BCUT2D eigenvalue weighted by Crippen LogP contribution is 2.24. The molecule has 0 fully saturated rings. The Balaban J connectivity index is 1.65. The van der Waals surface area contributed by atoms with Crippen LogP contribution in [0.15, 0.2) is 54.7 Å². The van der Waals surface area contributed by atoms with Gasteiger partial charge in [0.1, 0.15) is 18.1 Å². The van der Waals surface area contributed by atoms with E-state index in [4.69, 9.17) is 21.1 Å². The maximum Gasteiger partial charge on any atom is 0.244 e. The summed E-state index contributed by atoms with van der Waals surface area (Å²) >= 11 is 6.05. The largest absolute Gasteiger partial charge is 0.496 e. The van der Waals surface area contributed by atoms with E-state index < -0.39 is 0 Å². The van der Waals surface area contributed by atoms with Crippen LogP contribution in [0.5, 0.6) is 11.5 Å². The van der Waals surface area contributed by atoms with Crippen LogP contribution in [0.2, 0.25) is 5.02 Å². The molecule has 3 aromatic rings. The second kappa shape index (κ2) is 9.98. The average Bonchev–Trinajstić information content (AvgIpc) is 3.07. The van der Waals surface area contributed by atoms with E-state index >= 15 is 0 Å². The first-order valence-electron chi connectivity index (χ1n) is 9.45. The van der Waals surface area contributed by atoms with Gasteiger partial charge in [0.2, 0.25) is 5.91 Å². The number of ether oxygens (including phenoxy) is 2. The van der Waals surface area contributed by atoms with Crippen molar-refractivity contribution in [3.8, 4) is 11.5 Å². The van der Waals surface area contributed by atoms with E-state index in [0.29, 0.717) is 18.2 Å². The van der Waals surface area contributed by atoms with Crippen LogP contribution in [-0.2, 0) is 25.0 Å². The van der Waals surface area contributed by atoms with E-state index in [1.54, 1.807) is 31.1 Å². The summed E-state index contributed by atoms with van der Waals surface area (Å²) in [5.74, 6) is 1.34. The summed E-state index contributed by atoms with van der Waals surface area (Å²) < 4.78 is 13.0. The van der Waals surface area contributed by atoms with Crippen LogP contribution in [0, 0.1) is 6.92 Å². The normalized spacial score (nSPS) is 10.9. The second-order valence-electron chi connectivity index (χ2n) is 6.74. The van der Waals surface area contributed by atoms with Gasteiger partial charge in [-0.25, -0.2) is 0 Å². The Morgan fingerprint density at radius 2 is 2.03 bits per heavy atom. The van der Waals surface area contributed by atoms with E-state index in [1.165, 1.54) is 6.08 Å². The zero-order valence-electron chi connectivity index (χ0n) is 17.2. The van der Waals surface area contributed by atoms with Gasteiger partial charge < -0.3 is 14.8 Å². The van der Waals surface area contributed by atoms with Gasteiger partial charge in [0.05, 0.1) is 30.6 Å². The number of carbonyl (C=O) groups excluding carboxylic acids is 1. The third kappa shape index (κ3) is 5.42. The number of nitrogens with one attached hydrogen (secondary N) is 1. The molecule has 0 saturated heterocycles. The number of hydrogen-bond donors (Lipinski definition) is 1. The first kappa shape index (κ1) is 21.5. The lowest BCUT2D eigenvalue weighted by Gasteiger charge is -2.12. The number of carbonyl (C=O) groups is 1. The number of amides is 1. The monoisotopic (exact) mass is 425 g/mol. The first-order valence-corrected chi connectivity index (χ1v) is 9.83. The predicted molar refractivity (Wildman–Crippen MR) is 118 cm³/mol. The fourth-order valence-corrected chi connectivity index (χ4v) is 3.16. The van der Waals surface area contributed by atoms with Gasteiger partial charge in [-0.2, -0.15) is 5.10 Å². The molecule has 2 aromatic carbocycles. The topological polar surface area (TPSA) is 65.4 Å². The Kier molecular flexibility index (Phi) is 7.14. The lowest BCUT2D eigenvalue weighted by Crippen LogP contribution is -2.22. The van der Waals surface area contributed by atoms with Crippen molar-refractivity contribution >= 4 is 23.6 Å². The van der Waals surface area contributed by atoms with Crippen LogP contribution in [0.3, 0.4) is 0 Å². The molecule has 7 heteroatoms. The molecule has 156 valence electrons. The number of para-hydroxylation sites is 1. The fraction of sp³-hybridized carbons (Fsp3) is 0.217. The molecular formula is C23H24ClN3O3. The van der Waals surface area contributed by atoms with Crippen molar-refractivity contribution in [3.63, 3.8) is 0 Å². The molecule has 0 unspecified atom stereocenters. The predicted octanol–water partition coefficient (Wildman–Crippen LogP) is 4.30. The second-order valence-corrected chi connectivity index (χ2v) is 7.15. The van der Waals surface area contributed by atoms with Gasteiger partial charge in [0.15, 0.2) is 0 Å². The summed E-state index contributed by atoms with van der Waals surface area (Å²) in [5, 5.41) is 7.38. The zero-order valence-corrected chi connectivity index (χ0v) is 17.9. The molecule has 0 atom stereocenters. The van der Waals surface area contributed by atoms with Crippen molar-refractivity contribution in [1.29, 1.82) is 0 Å². The minimum Gasteiger partial charge on any atom is -0.496 e. The number of aromatic nitrogens is 2. The van der Waals surface area contributed by atoms with Crippen LogP contribution in [-0.4, -0.2) is 22.8 Å². The van der Waals surface area contributed by atoms with Gasteiger partial charge in [-0.3, -0.25) is 9.48 Å². The first-order chi connectivity index (χ1) is 14.5. The number of nitrogens with zero attached hydrogens (tertiary/aromatic N) is 2. The summed E-state index contributed by atoms with van der Waals surface area (Å²) in [6.07, 6.45) is 4.78. The molecule has 3 rings (SSSR count). The van der Waals surface area contributed by atoms with E-state index in [2.05, 4.69) is 10.4 Å². The minimum atomic E-state index is -0.221. The summed E-state index contributed by atoms with van der Waals surface area (Å²) in [7, 11) is 3.40. The molecule has 0 saturated carbocycles. The van der Waals surface area contributed by atoms with Gasteiger partial charge in [0.25, 0.3) is 0 Å². The molecule has 6 nitrogen and oxygen atoms in total. The summed E-state index contributed by atoms with van der Waals surface area (Å²) in [4.78, 5) is 12.2. The van der Waals surface area contributed by atoms with Crippen LogP contribution in [0.4, 0.5) is 0 Å². The summed E-state index contributed by atoms with van der Waals surface area (Å²) in [6, 6.07) is 13.5. The maximum absolute atomic E-state index is 12.2. The van der Waals surface area contributed by atoms with Crippen molar-refractivity contribution < 1.29 is 14.3 Å². The van der Waals surface area contributed by atoms with Gasteiger partial charge in [-0.15, -0.1) is 0 Å². The average molecular weight is 426 g/mol. The third-order valence-electron chi connectivity index (χ3n) is 4.65. The smallest absolute Gasteiger partial charge is 0.244 e. The van der Waals surface area contributed by atoms with Gasteiger partial charge in [-0.05, 0) is 42.3 Å². The zero-order chi connectivity index (χ0) is 21.5. The molecular weight excluding hydrogens is 402 g/mol. The Hall–Kier alpha value is -3.25. The molecule has 1 N–H and O–H groups in total. The van der Waals surface area contributed by atoms with Crippen LogP contribution >= 0.6 is 11.6 Å². The van der Waals surface area contributed by atoms with Crippen LogP contribution in [0.25, 0.3) is 6.08 Å². The maximum atomic E-state index is 12.2. The molecule has 0 spiro atoms. The number of halogens is 1. The lowest BCUT2D eigenvalue weighted by atomic mass is 10.1. The van der Waals surface area contributed by atoms with E-state index in [-0.39, 0.29) is 5.91 Å². The Bertz CT molecular complexity index is 1040. The highest BCUT2D eigenvalue weighted by atomic mass is 35.5. The van der Waals surface area contributed by atoms with Crippen molar-refractivity contribution in [2.75, 3.05) is 7.11 Å². The molecule has 0 aliphatic rings. The SMILES string of the molecule is COc1ccc(/C=C/C(=O)NCc2c(Cl)cnn2C)cc1COc1ccccc1C. The molecule has 30 heavy (non-hydrogen) atoms. The standard InChI is InChI=1S/C23H24ClN3O3/c1-16-6-4-5-7-21(16)30-15-18-12-17(8-10-22(18)29-3)9-11-23(28)25-14-20-19(24)13-26-27(20)2/h4-13H,14-15H2,1-3H3,(H,25,28)/b11-9+. The molecule has 1 amide bonds. The Morgan fingerprint density at radius 3 is 2.73 bits per heavy atom. The minimum absolute atomic E-state index is 0.221. The number of hydrogen-bond acceptors (Lipinski definition) is 4. The highest BCUT2D eigenvalue weighted by Gasteiger charge is 2.08. The van der Waals surface area contributed by atoms with Crippen LogP contribution in [0.1, 0.15) is 22.4 Å². The quantitative estimate of drug-likeness (QED) is 0.546. The molecule has 0 radical (unpaired) electrons. The highest BCUT2D eigenvalue weighted by molar-refractivity contribution is 6.31. The molecule has 1 aromatic heterocycles. The van der Waals surface area contributed by atoms with Crippen molar-refractivity contribution in [1.82, 2.24) is 15.1 Å². The number of benzene rings is 2. The van der Waals surface area contributed by atoms with Gasteiger partial charge >= 0.3 is 0 Å². The molecule has 1 heterocycles. The summed E-state index contributed by atoms with van der Waals surface area (Å²) in [5.41, 5.74) is 3.58. The lowest BCUT2D eigenvalue weighted by molar-refractivity contribution is -0.116.